The van der Waals surface area contributed by atoms with E-state index < -0.39 is 0 Å². The lowest BCUT2D eigenvalue weighted by Gasteiger charge is -2.17. The Bertz CT molecular complexity index is 536. The molecule has 0 bridgehead atoms. The molecule has 0 saturated heterocycles. The van der Waals surface area contributed by atoms with Crippen LogP contribution in [0, 0.1) is 0 Å². The summed E-state index contributed by atoms with van der Waals surface area (Å²) in [5.74, 6) is 1.25. The smallest absolute Gasteiger partial charge is 0.138 e. The second-order valence-corrected chi connectivity index (χ2v) is 5.82. The first-order chi connectivity index (χ1) is 9.11. The van der Waals surface area contributed by atoms with Gasteiger partial charge in [0.25, 0.3) is 0 Å². The molecule has 0 fully saturated rings. The van der Waals surface area contributed by atoms with Gasteiger partial charge < -0.3 is 5.73 Å². The van der Waals surface area contributed by atoms with Gasteiger partial charge in [0.15, 0.2) is 0 Å². The summed E-state index contributed by atoms with van der Waals surface area (Å²) in [6.07, 6.45) is 2.43. The number of rotatable bonds is 5. The van der Waals surface area contributed by atoms with Crippen molar-refractivity contribution in [2.24, 2.45) is 5.73 Å². The summed E-state index contributed by atoms with van der Waals surface area (Å²) in [5.41, 5.74) is 7.16. The van der Waals surface area contributed by atoms with Crippen LogP contribution in [0.25, 0.3) is 0 Å². The van der Waals surface area contributed by atoms with Gasteiger partial charge in [0.1, 0.15) is 12.2 Å². The van der Waals surface area contributed by atoms with E-state index in [2.05, 4.69) is 52.0 Å². The van der Waals surface area contributed by atoms with Gasteiger partial charge in [-0.2, -0.15) is 5.10 Å². The lowest BCUT2D eigenvalue weighted by molar-refractivity contribution is 0.492. The number of nitrogens with two attached hydrogens (primary N) is 1. The molecule has 0 amide bonds. The summed E-state index contributed by atoms with van der Waals surface area (Å²) in [6, 6.07) is 8.60. The molecule has 2 aromatic rings. The molecule has 4 nitrogen and oxygen atoms in total. The van der Waals surface area contributed by atoms with Crippen molar-refractivity contribution in [1.82, 2.24) is 14.8 Å². The first-order valence-corrected chi connectivity index (χ1v) is 7.25. The Kier molecular flexibility index (Phi) is 4.71. The molecule has 0 aliphatic heterocycles. The summed E-state index contributed by atoms with van der Waals surface area (Å²) in [5, 5.41) is 4.27. The normalized spacial score (nSPS) is 12.9. The molecule has 0 radical (unpaired) electrons. The van der Waals surface area contributed by atoms with Gasteiger partial charge in [0.2, 0.25) is 0 Å². The van der Waals surface area contributed by atoms with Gasteiger partial charge in [0.05, 0.1) is 0 Å². The van der Waals surface area contributed by atoms with E-state index in [0.717, 1.165) is 16.7 Å². The van der Waals surface area contributed by atoms with Crippen LogP contribution in [-0.4, -0.2) is 21.3 Å². The zero-order valence-corrected chi connectivity index (χ0v) is 12.8. The summed E-state index contributed by atoms with van der Waals surface area (Å²) in [7, 11) is 0. The molecule has 19 heavy (non-hydrogen) atoms. The minimum absolute atomic E-state index is 0.263. The molecule has 5 heteroatoms. The molecule has 1 atom stereocenters. The highest BCUT2D eigenvalue weighted by atomic mass is 79.9. The zero-order valence-electron chi connectivity index (χ0n) is 11.3. The fraction of sp³-hybridized carbons (Fsp3) is 0.429. The highest BCUT2D eigenvalue weighted by molar-refractivity contribution is 9.10. The van der Waals surface area contributed by atoms with Crippen LogP contribution in [0.4, 0.5) is 0 Å². The van der Waals surface area contributed by atoms with E-state index in [1.165, 1.54) is 5.56 Å². The molecule has 0 aliphatic rings. The SMILES string of the molecule is CC(C)n1ncnc1CC(CN)c1cccc(Br)c1. The molecule has 2 N–H and O–H groups in total. The van der Waals surface area contributed by atoms with Crippen molar-refractivity contribution in [1.29, 1.82) is 0 Å². The van der Waals surface area contributed by atoms with Crippen LogP contribution in [0.2, 0.25) is 0 Å². The third kappa shape index (κ3) is 3.42. The van der Waals surface area contributed by atoms with Gasteiger partial charge >= 0.3 is 0 Å². The Labute approximate surface area is 122 Å². The highest BCUT2D eigenvalue weighted by Crippen LogP contribution is 2.23. The highest BCUT2D eigenvalue weighted by Gasteiger charge is 2.16. The van der Waals surface area contributed by atoms with Crippen LogP contribution < -0.4 is 5.73 Å². The van der Waals surface area contributed by atoms with E-state index in [1.807, 2.05) is 16.8 Å². The second kappa shape index (κ2) is 6.30. The van der Waals surface area contributed by atoms with E-state index in [0.29, 0.717) is 12.6 Å². The Hall–Kier alpha value is -1.20. The van der Waals surface area contributed by atoms with Crippen LogP contribution in [0.15, 0.2) is 35.1 Å². The van der Waals surface area contributed by atoms with Crippen molar-refractivity contribution in [2.45, 2.75) is 32.2 Å². The molecule has 1 unspecified atom stereocenters. The zero-order chi connectivity index (χ0) is 13.8. The van der Waals surface area contributed by atoms with E-state index in [9.17, 15) is 0 Å². The topological polar surface area (TPSA) is 56.7 Å². The minimum atomic E-state index is 0.263. The number of aromatic nitrogens is 3. The fourth-order valence-electron chi connectivity index (χ4n) is 2.17. The molecule has 0 saturated carbocycles. The maximum atomic E-state index is 5.92. The summed E-state index contributed by atoms with van der Waals surface area (Å²) in [6.45, 7) is 4.81. The third-order valence-electron chi connectivity index (χ3n) is 3.17. The molecule has 0 spiro atoms. The monoisotopic (exact) mass is 322 g/mol. The number of halogens is 1. The average molecular weight is 323 g/mol. The Morgan fingerprint density at radius 3 is 2.79 bits per heavy atom. The average Bonchev–Trinajstić information content (AvgIpc) is 2.84. The van der Waals surface area contributed by atoms with E-state index in [-0.39, 0.29) is 5.92 Å². The maximum Gasteiger partial charge on any atom is 0.138 e. The third-order valence-corrected chi connectivity index (χ3v) is 3.66. The predicted molar refractivity (Wildman–Crippen MR) is 80.0 cm³/mol. The van der Waals surface area contributed by atoms with Crippen molar-refractivity contribution in [2.75, 3.05) is 6.54 Å². The molecule has 0 aliphatic carbocycles. The number of hydrogen-bond acceptors (Lipinski definition) is 3. The standard InChI is InChI=1S/C14H19BrN4/c1-10(2)19-14(17-9-18-19)7-12(8-16)11-4-3-5-13(15)6-11/h3-6,9-10,12H,7-8,16H2,1-2H3. The molecular weight excluding hydrogens is 304 g/mol. The van der Waals surface area contributed by atoms with Crippen molar-refractivity contribution in [3.05, 3.63) is 46.5 Å². The predicted octanol–water partition coefficient (Wildman–Crippen LogP) is 2.91. The summed E-state index contributed by atoms with van der Waals surface area (Å²) >= 11 is 3.50. The second-order valence-electron chi connectivity index (χ2n) is 4.91. The van der Waals surface area contributed by atoms with Gasteiger partial charge in [-0.1, -0.05) is 28.1 Å². The quantitative estimate of drug-likeness (QED) is 0.920. The van der Waals surface area contributed by atoms with Gasteiger partial charge in [0, 0.05) is 22.9 Å². The van der Waals surface area contributed by atoms with Crippen LogP contribution in [0.1, 0.15) is 37.2 Å². The number of nitrogens with zero attached hydrogens (tertiary/aromatic N) is 3. The molecule has 1 aromatic heterocycles. The van der Waals surface area contributed by atoms with Crippen molar-refractivity contribution >= 4 is 15.9 Å². The Morgan fingerprint density at radius 1 is 1.37 bits per heavy atom. The van der Waals surface area contributed by atoms with Gasteiger partial charge in [-0.05, 0) is 38.1 Å². The minimum Gasteiger partial charge on any atom is -0.330 e. The van der Waals surface area contributed by atoms with Gasteiger partial charge in [-0.15, -0.1) is 0 Å². The lowest BCUT2D eigenvalue weighted by Crippen LogP contribution is -2.18. The first kappa shape index (κ1) is 14.2. The van der Waals surface area contributed by atoms with E-state index >= 15 is 0 Å². The molecule has 1 aromatic carbocycles. The largest absolute Gasteiger partial charge is 0.330 e. The first-order valence-electron chi connectivity index (χ1n) is 6.45. The number of benzene rings is 1. The van der Waals surface area contributed by atoms with Gasteiger partial charge in [-0.3, -0.25) is 0 Å². The maximum absolute atomic E-state index is 5.92. The lowest BCUT2D eigenvalue weighted by atomic mass is 9.95. The van der Waals surface area contributed by atoms with Crippen LogP contribution in [0.3, 0.4) is 0 Å². The van der Waals surface area contributed by atoms with Crippen LogP contribution >= 0.6 is 15.9 Å². The van der Waals surface area contributed by atoms with Crippen LogP contribution in [-0.2, 0) is 6.42 Å². The molecule has 2 rings (SSSR count). The molecule has 102 valence electrons. The summed E-state index contributed by atoms with van der Waals surface area (Å²) < 4.78 is 3.04. The van der Waals surface area contributed by atoms with E-state index in [1.54, 1.807) is 6.33 Å². The molecular formula is C14H19BrN4. The van der Waals surface area contributed by atoms with Gasteiger partial charge in [-0.25, -0.2) is 9.67 Å². The van der Waals surface area contributed by atoms with Crippen molar-refractivity contribution < 1.29 is 0 Å². The fourth-order valence-corrected chi connectivity index (χ4v) is 2.59. The number of hydrogen-bond donors (Lipinski definition) is 1. The Morgan fingerprint density at radius 2 is 2.16 bits per heavy atom. The van der Waals surface area contributed by atoms with Crippen molar-refractivity contribution in [3.63, 3.8) is 0 Å². The summed E-state index contributed by atoms with van der Waals surface area (Å²) in [4.78, 5) is 4.36. The Balaban J connectivity index is 2.22. The van der Waals surface area contributed by atoms with Crippen LogP contribution in [0.5, 0.6) is 0 Å². The van der Waals surface area contributed by atoms with Crippen molar-refractivity contribution in [3.8, 4) is 0 Å². The van der Waals surface area contributed by atoms with E-state index in [4.69, 9.17) is 5.73 Å². The molecule has 1 heterocycles.